The van der Waals surface area contributed by atoms with Crippen LogP contribution in [0.3, 0.4) is 0 Å². The third kappa shape index (κ3) is 1.74. The summed E-state index contributed by atoms with van der Waals surface area (Å²) in [6, 6.07) is 14.4. The summed E-state index contributed by atoms with van der Waals surface area (Å²) in [5, 5.41) is 9.43. The van der Waals surface area contributed by atoms with E-state index in [9.17, 15) is 9.90 Å². The molecule has 0 saturated heterocycles. The third-order valence-corrected chi connectivity index (χ3v) is 3.23. The van der Waals surface area contributed by atoms with E-state index in [0.717, 1.165) is 12.1 Å². The van der Waals surface area contributed by atoms with Gasteiger partial charge in [-0.3, -0.25) is 4.79 Å². The Morgan fingerprint density at radius 1 is 1.11 bits per heavy atom. The Kier molecular flexibility index (Phi) is 2.52. The quantitative estimate of drug-likeness (QED) is 0.831. The summed E-state index contributed by atoms with van der Waals surface area (Å²) in [5.74, 6) is 0.0594. The first-order chi connectivity index (χ1) is 8.75. The van der Waals surface area contributed by atoms with Gasteiger partial charge in [0, 0.05) is 17.8 Å². The molecule has 3 rings (SSSR count). The van der Waals surface area contributed by atoms with Crippen LogP contribution in [-0.4, -0.2) is 17.6 Å². The van der Waals surface area contributed by atoms with Crippen LogP contribution in [0.2, 0.25) is 0 Å². The van der Waals surface area contributed by atoms with Crippen molar-refractivity contribution in [2.24, 2.45) is 0 Å². The Morgan fingerprint density at radius 2 is 1.94 bits per heavy atom. The van der Waals surface area contributed by atoms with Gasteiger partial charge in [0.1, 0.15) is 5.75 Å². The van der Waals surface area contributed by atoms with Gasteiger partial charge in [0.15, 0.2) is 0 Å². The van der Waals surface area contributed by atoms with Crippen molar-refractivity contribution in [2.45, 2.75) is 6.42 Å². The zero-order chi connectivity index (χ0) is 12.5. The lowest BCUT2D eigenvalue weighted by Crippen LogP contribution is -2.28. The molecule has 0 aliphatic carbocycles. The monoisotopic (exact) mass is 239 g/mol. The number of benzene rings is 2. The van der Waals surface area contributed by atoms with Gasteiger partial charge in [-0.25, -0.2) is 0 Å². The molecule has 1 heterocycles. The van der Waals surface area contributed by atoms with Crippen molar-refractivity contribution in [3.63, 3.8) is 0 Å². The number of carbonyl (C=O) groups excluding carboxylic acids is 1. The minimum atomic E-state index is -0.0594. The van der Waals surface area contributed by atoms with E-state index >= 15 is 0 Å². The summed E-state index contributed by atoms with van der Waals surface area (Å²) in [7, 11) is 0. The molecule has 0 radical (unpaired) electrons. The number of hydrogen-bond donors (Lipinski definition) is 1. The highest BCUT2D eigenvalue weighted by atomic mass is 16.3. The highest BCUT2D eigenvalue weighted by Gasteiger charge is 2.24. The Bertz CT molecular complexity index is 607. The highest BCUT2D eigenvalue weighted by Crippen LogP contribution is 2.29. The van der Waals surface area contributed by atoms with Crippen LogP contribution in [-0.2, 0) is 6.42 Å². The number of para-hydroxylation sites is 1. The van der Waals surface area contributed by atoms with Gasteiger partial charge < -0.3 is 10.0 Å². The predicted octanol–water partition coefficient (Wildman–Crippen LogP) is 2.60. The molecule has 0 fully saturated rings. The van der Waals surface area contributed by atoms with Gasteiger partial charge in [0.05, 0.1) is 0 Å². The Morgan fingerprint density at radius 3 is 2.78 bits per heavy atom. The molecule has 1 amide bonds. The molecule has 0 aromatic heterocycles. The molecule has 90 valence electrons. The number of rotatable bonds is 1. The molecule has 18 heavy (non-hydrogen) atoms. The maximum Gasteiger partial charge on any atom is 0.258 e. The van der Waals surface area contributed by atoms with Crippen LogP contribution in [0, 0.1) is 0 Å². The molecule has 0 saturated carbocycles. The Hall–Kier alpha value is -2.29. The molecule has 0 unspecified atom stereocenters. The van der Waals surface area contributed by atoms with E-state index in [1.165, 1.54) is 11.6 Å². The van der Waals surface area contributed by atoms with E-state index in [1.807, 2.05) is 24.3 Å². The third-order valence-electron chi connectivity index (χ3n) is 3.23. The zero-order valence-corrected chi connectivity index (χ0v) is 9.84. The SMILES string of the molecule is O=C(c1cccc(O)c1)N1CCc2ccccc21. The molecule has 1 aliphatic heterocycles. The van der Waals surface area contributed by atoms with Crippen LogP contribution < -0.4 is 4.90 Å². The second kappa shape index (κ2) is 4.18. The lowest BCUT2D eigenvalue weighted by molar-refractivity contribution is 0.0989. The standard InChI is InChI=1S/C15H13NO2/c17-13-6-3-5-12(10-13)15(18)16-9-8-11-4-1-2-7-14(11)16/h1-7,10,17H,8-9H2. The average molecular weight is 239 g/mol. The summed E-state index contributed by atoms with van der Waals surface area (Å²) in [4.78, 5) is 14.1. The first kappa shape index (κ1) is 10.8. The lowest BCUT2D eigenvalue weighted by atomic mass is 10.1. The number of phenols is 1. The van der Waals surface area contributed by atoms with Crippen LogP contribution in [0.25, 0.3) is 0 Å². The highest BCUT2D eigenvalue weighted by molar-refractivity contribution is 6.07. The minimum Gasteiger partial charge on any atom is -0.508 e. The molecular weight excluding hydrogens is 226 g/mol. The van der Waals surface area contributed by atoms with Gasteiger partial charge in [-0.2, -0.15) is 0 Å². The smallest absolute Gasteiger partial charge is 0.258 e. The minimum absolute atomic E-state index is 0.0594. The largest absolute Gasteiger partial charge is 0.508 e. The number of anilines is 1. The van der Waals surface area contributed by atoms with Crippen LogP contribution in [0.15, 0.2) is 48.5 Å². The predicted molar refractivity (Wildman–Crippen MR) is 69.9 cm³/mol. The van der Waals surface area contributed by atoms with Crippen molar-refractivity contribution in [3.05, 3.63) is 59.7 Å². The topological polar surface area (TPSA) is 40.5 Å². The number of carbonyl (C=O) groups is 1. The number of amides is 1. The van der Waals surface area contributed by atoms with E-state index in [2.05, 4.69) is 0 Å². The Balaban J connectivity index is 1.96. The van der Waals surface area contributed by atoms with Crippen LogP contribution in [0.1, 0.15) is 15.9 Å². The first-order valence-corrected chi connectivity index (χ1v) is 5.94. The molecule has 1 aliphatic rings. The fourth-order valence-electron chi connectivity index (χ4n) is 2.34. The van der Waals surface area contributed by atoms with Crippen molar-refractivity contribution in [1.82, 2.24) is 0 Å². The first-order valence-electron chi connectivity index (χ1n) is 5.94. The van der Waals surface area contributed by atoms with Crippen molar-refractivity contribution < 1.29 is 9.90 Å². The maximum atomic E-state index is 12.4. The number of nitrogens with zero attached hydrogens (tertiary/aromatic N) is 1. The van der Waals surface area contributed by atoms with Gasteiger partial charge >= 0.3 is 0 Å². The van der Waals surface area contributed by atoms with E-state index in [4.69, 9.17) is 0 Å². The molecule has 0 atom stereocenters. The second-order valence-electron chi connectivity index (χ2n) is 4.39. The molecule has 2 aromatic carbocycles. The van der Waals surface area contributed by atoms with Crippen molar-refractivity contribution in [1.29, 1.82) is 0 Å². The van der Waals surface area contributed by atoms with Gasteiger partial charge in [-0.1, -0.05) is 24.3 Å². The van der Waals surface area contributed by atoms with Crippen LogP contribution in [0.4, 0.5) is 5.69 Å². The zero-order valence-electron chi connectivity index (χ0n) is 9.84. The van der Waals surface area contributed by atoms with E-state index < -0.39 is 0 Å². The number of phenolic OH excluding ortho intramolecular Hbond substituents is 1. The average Bonchev–Trinajstić information content (AvgIpc) is 2.82. The van der Waals surface area contributed by atoms with E-state index in [1.54, 1.807) is 23.1 Å². The molecule has 3 nitrogen and oxygen atoms in total. The molecule has 0 spiro atoms. The van der Waals surface area contributed by atoms with Gasteiger partial charge in [-0.15, -0.1) is 0 Å². The number of aromatic hydroxyl groups is 1. The van der Waals surface area contributed by atoms with Gasteiger partial charge in [0.25, 0.3) is 5.91 Å². The molecule has 0 bridgehead atoms. The summed E-state index contributed by atoms with van der Waals surface area (Å²) in [6.07, 6.45) is 0.890. The van der Waals surface area contributed by atoms with Crippen LogP contribution in [0.5, 0.6) is 5.75 Å². The maximum absolute atomic E-state index is 12.4. The number of hydrogen-bond acceptors (Lipinski definition) is 2. The van der Waals surface area contributed by atoms with E-state index in [0.29, 0.717) is 12.1 Å². The van der Waals surface area contributed by atoms with E-state index in [-0.39, 0.29) is 11.7 Å². The molecule has 2 aromatic rings. The fraction of sp³-hybridized carbons (Fsp3) is 0.133. The molecule has 1 N–H and O–H groups in total. The van der Waals surface area contributed by atoms with Crippen molar-refractivity contribution >= 4 is 11.6 Å². The second-order valence-corrected chi connectivity index (χ2v) is 4.39. The van der Waals surface area contributed by atoms with Crippen LogP contribution >= 0.6 is 0 Å². The van der Waals surface area contributed by atoms with Crippen molar-refractivity contribution in [3.8, 4) is 5.75 Å². The molecular formula is C15H13NO2. The normalized spacial score (nSPS) is 13.4. The van der Waals surface area contributed by atoms with Crippen molar-refractivity contribution in [2.75, 3.05) is 11.4 Å². The molecule has 3 heteroatoms. The van der Waals surface area contributed by atoms with Gasteiger partial charge in [0.2, 0.25) is 0 Å². The summed E-state index contributed by atoms with van der Waals surface area (Å²) < 4.78 is 0. The van der Waals surface area contributed by atoms with Gasteiger partial charge in [-0.05, 0) is 36.2 Å². The number of fused-ring (bicyclic) bond motifs is 1. The lowest BCUT2D eigenvalue weighted by Gasteiger charge is -2.17. The fourth-order valence-corrected chi connectivity index (χ4v) is 2.34. The summed E-state index contributed by atoms with van der Waals surface area (Å²) >= 11 is 0. The summed E-state index contributed by atoms with van der Waals surface area (Å²) in [5.41, 5.74) is 2.70. The summed E-state index contributed by atoms with van der Waals surface area (Å²) in [6.45, 7) is 0.702. The Labute approximate surface area is 105 Å².